The normalized spacial score (nSPS) is 29.3. The lowest BCUT2D eigenvalue weighted by Crippen LogP contribution is -2.41. The van der Waals surface area contributed by atoms with Gasteiger partial charge in [0.1, 0.15) is 5.76 Å². The van der Waals surface area contributed by atoms with Gasteiger partial charge in [-0.3, -0.25) is 4.99 Å². The molecule has 2 atom stereocenters. The van der Waals surface area contributed by atoms with E-state index in [9.17, 15) is 0 Å². The van der Waals surface area contributed by atoms with E-state index in [4.69, 9.17) is 4.52 Å². The highest BCUT2D eigenvalue weighted by Gasteiger charge is 2.31. The van der Waals surface area contributed by atoms with E-state index >= 15 is 0 Å². The third-order valence-corrected chi connectivity index (χ3v) is 5.08. The summed E-state index contributed by atoms with van der Waals surface area (Å²) in [6, 6.07) is 0.662. The number of nitrogens with one attached hydrogen (secondary N) is 1. The van der Waals surface area contributed by atoms with Crippen LogP contribution in [-0.4, -0.2) is 22.1 Å². The summed E-state index contributed by atoms with van der Waals surface area (Å²) in [5.41, 5.74) is 2.08. The van der Waals surface area contributed by atoms with E-state index in [2.05, 4.69) is 15.5 Å². The van der Waals surface area contributed by atoms with Gasteiger partial charge in [0.25, 0.3) is 0 Å². The maximum atomic E-state index is 5.16. The Hall–Kier alpha value is -0.970. The van der Waals surface area contributed by atoms with Crippen molar-refractivity contribution in [3.63, 3.8) is 0 Å². The molecule has 0 radical (unpaired) electrons. The van der Waals surface area contributed by atoms with E-state index in [0.29, 0.717) is 12.6 Å². The standard InChI is InChI=1S/C13H19N3OS/c1-8-11(9(2)17-16-8)6-14-13-15-12-5-3-4-10(12)7-18-13/h10,12H,3-7H2,1-2H3,(H,14,15). The number of hydrogen-bond donors (Lipinski definition) is 1. The summed E-state index contributed by atoms with van der Waals surface area (Å²) in [6.45, 7) is 4.60. The lowest BCUT2D eigenvalue weighted by molar-refractivity contribution is 0.392. The topological polar surface area (TPSA) is 50.4 Å². The Kier molecular flexibility index (Phi) is 3.33. The van der Waals surface area contributed by atoms with Gasteiger partial charge in [-0.15, -0.1) is 0 Å². The number of rotatable bonds is 2. The number of aryl methyl sites for hydroxylation is 2. The largest absolute Gasteiger partial charge is 0.362 e. The molecule has 1 aromatic heterocycles. The minimum Gasteiger partial charge on any atom is -0.362 e. The first-order chi connectivity index (χ1) is 8.74. The van der Waals surface area contributed by atoms with Crippen LogP contribution in [0.5, 0.6) is 0 Å². The monoisotopic (exact) mass is 265 g/mol. The summed E-state index contributed by atoms with van der Waals surface area (Å²) in [5, 5.41) is 8.64. The molecule has 2 unspecified atom stereocenters. The maximum absolute atomic E-state index is 5.16. The Morgan fingerprint density at radius 1 is 1.44 bits per heavy atom. The van der Waals surface area contributed by atoms with E-state index in [-0.39, 0.29) is 0 Å². The van der Waals surface area contributed by atoms with Crippen LogP contribution in [0.25, 0.3) is 0 Å². The molecule has 4 nitrogen and oxygen atoms in total. The fourth-order valence-electron chi connectivity index (χ4n) is 2.78. The summed E-state index contributed by atoms with van der Waals surface area (Å²) >= 11 is 1.86. The van der Waals surface area contributed by atoms with Crippen LogP contribution in [0.1, 0.15) is 36.3 Å². The number of nitrogens with zero attached hydrogens (tertiary/aromatic N) is 2. The molecule has 0 bridgehead atoms. The molecule has 1 aromatic rings. The molecule has 1 aliphatic carbocycles. The van der Waals surface area contributed by atoms with Crippen LogP contribution in [0, 0.1) is 19.8 Å². The zero-order valence-electron chi connectivity index (χ0n) is 10.9. The second-order valence-corrected chi connectivity index (χ2v) is 6.19. The lowest BCUT2D eigenvalue weighted by atomic mass is 10.1. The highest BCUT2D eigenvalue weighted by Crippen LogP contribution is 2.32. The van der Waals surface area contributed by atoms with Crippen molar-refractivity contribution >= 4 is 16.9 Å². The van der Waals surface area contributed by atoms with Gasteiger partial charge in [0.05, 0.1) is 12.2 Å². The van der Waals surface area contributed by atoms with Crippen LogP contribution >= 0.6 is 11.8 Å². The predicted octanol–water partition coefficient (Wildman–Crippen LogP) is 2.65. The number of thioether (sulfide) groups is 1. The molecule has 2 aliphatic rings. The second kappa shape index (κ2) is 4.96. The quantitative estimate of drug-likeness (QED) is 0.893. The summed E-state index contributed by atoms with van der Waals surface area (Å²) in [5.74, 6) is 2.96. The molecule has 2 fully saturated rings. The molecule has 2 heterocycles. The Morgan fingerprint density at radius 2 is 2.33 bits per heavy atom. The van der Waals surface area contributed by atoms with E-state index < -0.39 is 0 Å². The van der Waals surface area contributed by atoms with Crippen LogP contribution in [-0.2, 0) is 6.54 Å². The highest BCUT2D eigenvalue weighted by molar-refractivity contribution is 8.13. The van der Waals surface area contributed by atoms with Crippen LogP contribution in [0.15, 0.2) is 9.52 Å². The molecule has 18 heavy (non-hydrogen) atoms. The summed E-state index contributed by atoms with van der Waals surface area (Å²) in [7, 11) is 0. The lowest BCUT2D eigenvalue weighted by Gasteiger charge is -2.28. The number of hydrogen-bond acceptors (Lipinski definition) is 4. The van der Waals surface area contributed by atoms with Gasteiger partial charge >= 0.3 is 0 Å². The Labute approximate surface area is 112 Å². The minimum absolute atomic E-state index is 0.662. The molecular formula is C13H19N3OS. The first kappa shape index (κ1) is 12.1. The van der Waals surface area contributed by atoms with Crippen LogP contribution in [0.3, 0.4) is 0 Å². The predicted molar refractivity (Wildman–Crippen MR) is 73.8 cm³/mol. The Morgan fingerprint density at radius 3 is 3.11 bits per heavy atom. The maximum Gasteiger partial charge on any atom is 0.157 e. The number of amidine groups is 1. The second-order valence-electron chi connectivity index (χ2n) is 5.18. The van der Waals surface area contributed by atoms with Crippen molar-refractivity contribution in [2.24, 2.45) is 10.9 Å². The summed E-state index contributed by atoms with van der Waals surface area (Å²) in [6.07, 6.45) is 4.04. The van der Waals surface area contributed by atoms with Gasteiger partial charge in [-0.25, -0.2) is 0 Å². The zero-order chi connectivity index (χ0) is 12.5. The third kappa shape index (κ3) is 2.28. The first-order valence-corrected chi connectivity index (χ1v) is 7.58. The van der Waals surface area contributed by atoms with Crippen molar-refractivity contribution in [2.45, 2.75) is 45.7 Å². The van der Waals surface area contributed by atoms with Crippen molar-refractivity contribution in [1.29, 1.82) is 0 Å². The van der Waals surface area contributed by atoms with E-state index in [1.807, 2.05) is 25.6 Å². The average molecular weight is 265 g/mol. The van der Waals surface area contributed by atoms with Crippen molar-refractivity contribution in [2.75, 3.05) is 5.75 Å². The molecule has 0 amide bonds. The molecular weight excluding hydrogens is 246 g/mol. The Balaban J connectivity index is 1.66. The smallest absolute Gasteiger partial charge is 0.157 e. The van der Waals surface area contributed by atoms with Gasteiger partial charge in [-0.2, -0.15) is 0 Å². The molecule has 98 valence electrons. The number of aromatic nitrogens is 1. The SMILES string of the molecule is Cc1noc(C)c1CN=C1NC2CCCC2CS1. The van der Waals surface area contributed by atoms with Crippen LogP contribution < -0.4 is 5.32 Å². The van der Waals surface area contributed by atoms with Gasteiger partial charge in [0.2, 0.25) is 0 Å². The minimum atomic E-state index is 0.662. The van der Waals surface area contributed by atoms with Crippen molar-refractivity contribution in [1.82, 2.24) is 10.5 Å². The molecule has 1 aliphatic heterocycles. The van der Waals surface area contributed by atoms with Crippen LogP contribution in [0.4, 0.5) is 0 Å². The fourth-order valence-corrected chi connectivity index (χ4v) is 3.94. The van der Waals surface area contributed by atoms with Crippen molar-refractivity contribution in [3.8, 4) is 0 Å². The number of fused-ring (bicyclic) bond motifs is 1. The van der Waals surface area contributed by atoms with Crippen molar-refractivity contribution < 1.29 is 4.52 Å². The fraction of sp³-hybridized carbons (Fsp3) is 0.692. The summed E-state index contributed by atoms with van der Waals surface area (Å²) in [4.78, 5) is 4.68. The van der Waals surface area contributed by atoms with Crippen molar-refractivity contribution in [3.05, 3.63) is 17.0 Å². The van der Waals surface area contributed by atoms with Gasteiger partial charge in [-0.1, -0.05) is 23.3 Å². The average Bonchev–Trinajstić information content (AvgIpc) is 2.94. The van der Waals surface area contributed by atoms with E-state index in [0.717, 1.165) is 28.1 Å². The Bertz CT molecular complexity index is 449. The van der Waals surface area contributed by atoms with Gasteiger partial charge in [0, 0.05) is 17.4 Å². The summed E-state index contributed by atoms with van der Waals surface area (Å²) < 4.78 is 5.16. The molecule has 1 saturated carbocycles. The molecule has 0 aromatic carbocycles. The zero-order valence-corrected chi connectivity index (χ0v) is 11.7. The highest BCUT2D eigenvalue weighted by atomic mass is 32.2. The van der Waals surface area contributed by atoms with E-state index in [1.54, 1.807) is 0 Å². The number of aliphatic imine (C=N–C) groups is 1. The molecule has 5 heteroatoms. The molecule has 1 saturated heterocycles. The van der Waals surface area contributed by atoms with Gasteiger partial charge in [-0.05, 0) is 32.6 Å². The van der Waals surface area contributed by atoms with Crippen LogP contribution in [0.2, 0.25) is 0 Å². The third-order valence-electron chi connectivity index (χ3n) is 3.96. The molecule has 0 spiro atoms. The molecule has 1 N–H and O–H groups in total. The van der Waals surface area contributed by atoms with Gasteiger partial charge < -0.3 is 9.84 Å². The van der Waals surface area contributed by atoms with E-state index in [1.165, 1.54) is 25.0 Å². The van der Waals surface area contributed by atoms with Gasteiger partial charge in [0.15, 0.2) is 5.17 Å². The first-order valence-electron chi connectivity index (χ1n) is 6.59. The molecule has 3 rings (SSSR count).